The van der Waals surface area contributed by atoms with Crippen molar-refractivity contribution in [2.75, 3.05) is 0 Å². The van der Waals surface area contributed by atoms with E-state index in [0.29, 0.717) is 5.56 Å². The summed E-state index contributed by atoms with van der Waals surface area (Å²) in [4.78, 5) is 24.1. The molecule has 2 rings (SSSR count). The zero-order valence-electron chi connectivity index (χ0n) is 12.9. The summed E-state index contributed by atoms with van der Waals surface area (Å²) in [6, 6.07) is 1.01. The molecule has 1 fully saturated rings. The fourth-order valence-electron chi connectivity index (χ4n) is 2.67. The summed E-state index contributed by atoms with van der Waals surface area (Å²) in [5.74, 6) is 0.297. The average Bonchev–Trinajstić information content (AvgIpc) is 2.96. The standard InChI is InChI=1S/C16H24N2O3/c1-11-4-7-16(3,8-5-11)18-14(19)12(2)17-15(20)13-6-9-21-10-13/h6,9-12H,4-5,7-8H2,1-3H3,(H,17,20)(H,18,19)/t11?,12-,16?/m0/s1. The molecule has 1 atom stereocenters. The Kier molecular flexibility index (Phi) is 4.70. The van der Waals surface area contributed by atoms with Gasteiger partial charge in [-0.1, -0.05) is 6.92 Å². The Hall–Kier alpha value is -1.78. The zero-order chi connectivity index (χ0) is 15.5. The Morgan fingerprint density at radius 2 is 2.05 bits per heavy atom. The van der Waals surface area contributed by atoms with Gasteiger partial charge in [0.15, 0.2) is 0 Å². The Labute approximate surface area is 125 Å². The van der Waals surface area contributed by atoms with Gasteiger partial charge in [0.25, 0.3) is 5.91 Å². The second kappa shape index (κ2) is 6.33. The summed E-state index contributed by atoms with van der Waals surface area (Å²) in [5.41, 5.74) is 0.269. The molecule has 0 aliphatic heterocycles. The first-order valence-corrected chi connectivity index (χ1v) is 7.55. The number of hydrogen-bond acceptors (Lipinski definition) is 3. The lowest BCUT2D eigenvalue weighted by molar-refractivity contribution is -0.124. The summed E-state index contributed by atoms with van der Waals surface area (Å²) in [5, 5.41) is 5.78. The highest BCUT2D eigenvalue weighted by molar-refractivity contribution is 5.97. The van der Waals surface area contributed by atoms with E-state index in [1.165, 1.54) is 12.5 Å². The third-order valence-electron chi connectivity index (χ3n) is 4.33. The van der Waals surface area contributed by atoms with Crippen molar-refractivity contribution in [1.82, 2.24) is 10.6 Å². The van der Waals surface area contributed by atoms with Crippen LogP contribution in [0.2, 0.25) is 0 Å². The first-order valence-electron chi connectivity index (χ1n) is 7.55. The van der Waals surface area contributed by atoms with E-state index >= 15 is 0 Å². The van der Waals surface area contributed by atoms with Crippen molar-refractivity contribution < 1.29 is 14.0 Å². The first-order chi connectivity index (χ1) is 9.89. The Balaban J connectivity index is 1.86. The monoisotopic (exact) mass is 292 g/mol. The van der Waals surface area contributed by atoms with Gasteiger partial charge in [-0.2, -0.15) is 0 Å². The molecule has 2 N–H and O–H groups in total. The van der Waals surface area contributed by atoms with Crippen LogP contribution in [0.5, 0.6) is 0 Å². The predicted octanol–water partition coefficient (Wildman–Crippen LogP) is 2.48. The minimum absolute atomic E-state index is 0.135. The van der Waals surface area contributed by atoms with E-state index < -0.39 is 6.04 Å². The molecule has 0 saturated heterocycles. The van der Waals surface area contributed by atoms with Crippen molar-refractivity contribution >= 4 is 11.8 Å². The Morgan fingerprint density at radius 1 is 1.38 bits per heavy atom. The summed E-state index contributed by atoms with van der Waals surface area (Å²) in [7, 11) is 0. The molecule has 0 spiro atoms. The molecule has 1 aromatic rings. The van der Waals surface area contributed by atoms with Crippen LogP contribution < -0.4 is 10.6 Å². The van der Waals surface area contributed by atoms with Crippen molar-refractivity contribution in [3.8, 4) is 0 Å². The third-order valence-corrected chi connectivity index (χ3v) is 4.33. The maximum Gasteiger partial charge on any atom is 0.255 e. The molecule has 2 amide bonds. The van der Waals surface area contributed by atoms with Gasteiger partial charge < -0.3 is 15.1 Å². The molecule has 0 bridgehead atoms. The first kappa shape index (κ1) is 15.6. The lowest BCUT2D eigenvalue weighted by Gasteiger charge is -2.37. The quantitative estimate of drug-likeness (QED) is 0.895. The van der Waals surface area contributed by atoms with Gasteiger partial charge in [-0.15, -0.1) is 0 Å². The van der Waals surface area contributed by atoms with Crippen LogP contribution >= 0.6 is 0 Å². The average molecular weight is 292 g/mol. The van der Waals surface area contributed by atoms with Crippen LogP contribution in [-0.4, -0.2) is 23.4 Å². The van der Waals surface area contributed by atoms with Crippen LogP contribution in [-0.2, 0) is 4.79 Å². The van der Waals surface area contributed by atoms with Crippen LogP contribution in [0.25, 0.3) is 0 Å². The Morgan fingerprint density at radius 3 is 2.62 bits per heavy atom. The van der Waals surface area contributed by atoms with Gasteiger partial charge in [0, 0.05) is 5.54 Å². The summed E-state index contributed by atoms with van der Waals surface area (Å²) in [6.45, 7) is 6.03. The maximum atomic E-state index is 12.3. The maximum absolute atomic E-state index is 12.3. The van der Waals surface area contributed by atoms with Crippen LogP contribution in [0.1, 0.15) is 56.8 Å². The summed E-state index contributed by atoms with van der Waals surface area (Å²) in [6.07, 6.45) is 7.04. The van der Waals surface area contributed by atoms with E-state index in [4.69, 9.17) is 4.42 Å². The SMILES string of the molecule is CC1CCC(C)(NC(=O)[C@H](C)NC(=O)c2ccoc2)CC1. The lowest BCUT2D eigenvalue weighted by Crippen LogP contribution is -2.54. The smallest absolute Gasteiger partial charge is 0.255 e. The van der Waals surface area contributed by atoms with E-state index in [1.54, 1.807) is 13.0 Å². The number of carbonyl (C=O) groups excluding carboxylic acids is 2. The van der Waals surface area contributed by atoms with E-state index in [2.05, 4.69) is 24.5 Å². The minimum Gasteiger partial charge on any atom is -0.472 e. The van der Waals surface area contributed by atoms with Crippen molar-refractivity contribution in [1.29, 1.82) is 0 Å². The molecule has 1 aliphatic carbocycles. The topological polar surface area (TPSA) is 71.3 Å². The predicted molar refractivity (Wildman–Crippen MR) is 79.8 cm³/mol. The fraction of sp³-hybridized carbons (Fsp3) is 0.625. The highest BCUT2D eigenvalue weighted by Crippen LogP contribution is 2.31. The zero-order valence-corrected chi connectivity index (χ0v) is 12.9. The van der Waals surface area contributed by atoms with Crippen molar-refractivity contribution in [2.24, 2.45) is 5.92 Å². The van der Waals surface area contributed by atoms with E-state index in [9.17, 15) is 9.59 Å². The molecule has 1 aliphatic rings. The lowest BCUT2D eigenvalue weighted by atomic mass is 9.78. The third kappa shape index (κ3) is 4.09. The molecule has 0 unspecified atom stereocenters. The van der Waals surface area contributed by atoms with Gasteiger partial charge in [0.1, 0.15) is 12.3 Å². The molecule has 21 heavy (non-hydrogen) atoms. The molecule has 1 heterocycles. The molecule has 1 saturated carbocycles. The highest BCUT2D eigenvalue weighted by atomic mass is 16.3. The molecule has 0 radical (unpaired) electrons. The number of nitrogens with one attached hydrogen (secondary N) is 2. The van der Waals surface area contributed by atoms with Gasteiger partial charge in [-0.3, -0.25) is 9.59 Å². The molecule has 5 heteroatoms. The van der Waals surface area contributed by atoms with Crippen LogP contribution in [0, 0.1) is 5.92 Å². The number of rotatable bonds is 4. The molecule has 1 aromatic heterocycles. The van der Waals surface area contributed by atoms with Gasteiger partial charge in [0.2, 0.25) is 5.91 Å². The second-order valence-corrected chi connectivity index (χ2v) is 6.44. The minimum atomic E-state index is -0.566. The fourth-order valence-corrected chi connectivity index (χ4v) is 2.67. The van der Waals surface area contributed by atoms with E-state index in [1.807, 2.05) is 0 Å². The number of furan rings is 1. The van der Waals surface area contributed by atoms with Gasteiger partial charge in [0.05, 0.1) is 11.8 Å². The van der Waals surface area contributed by atoms with Crippen LogP contribution in [0.3, 0.4) is 0 Å². The number of amides is 2. The Bertz CT molecular complexity index is 488. The highest BCUT2D eigenvalue weighted by Gasteiger charge is 2.32. The summed E-state index contributed by atoms with van der Waals surface area (Å²) < 4.78 is 4.86. The molecular weight excluding hydrogens is 268 g/mol. The van der Waals surface area contributed by atoms with Crippen LogP contribution in [0.15, 0.2) is 23.0 Å². The van der Waals surface area contributed by atoms with Gasteiger partial charge >= 0.3 is 0 Å². The molecule has 5 nitrogen and oxygen atoms in total. The van der Waals surface area contributed by atoms with Crippen molar-refractivity contribution in [3.05, 3.63) is 24.2 Å². The van der Waals surface area contributed by atoms with Crippen molar-refractivity contribution in [2.45, 2.75) is 58.0 Å². The van der Waals surface area contributed by atoms with E-state index in [-0.39, 0.29) is 17.4 Å². The van der Waals surface area contributed by atoms with Crippen molar-refractivity contribution in [3.63, 3.8) is 0 Å². The molecular formula is C16H24N2O3. The normalized spacial score (nSPS) is 26.9. The molecule has 0 aromatic carbocycles. The number of hydrogen-bond donors (Lipinski definition) is 2. The van der Waals surface area contributed by atoms with Crippen LogP contribution in [0.4, 0.5) is 0 Å². The van der Waals surface area contributed by atoms with Gasteiger partial charge in [-0.25, -0.2) is 0 Å². The second-order valence-electron chi connectivity index (χ2n) is 6.44. The van der Waals surface area contributed by atoms with E-state index in [0.717, 1.165) is 31.6 Å². The summed E-state index contributed by atoms with van der Waals surface area (Å²) >= 11 is 0. The van der Waals surface area contributed by atoms with Gasteiger partial charge in [-0.05, 0) is 51.5 Å². The number of carbonyl (C=O) groups is 2. The molecule has 116 valence electrons. The largest absolute Gasteiger partial charge is 0.472 e.